The largest absolute Gasteiger partial charge is 0.487 e. The molecule has 8 heteroatoms. The van der Waals surface area contributed by atoms with E-state index in [0.717, 1.165) is 0 Å². The average molecular weight is 320 g/mol. The molecule has 7 nitrogen and oxygen atoms in total. The molecule has 0 aliphatic rings. The zero-order valence-electron chi connectivity index (χ0n) is 12.0. The monoisotopic (exact) mass is 320 g/mol. The second-order valence-electron chi connectivity index (χ2n) is 4.14. The van der Waals surface area contributed by atoms with Crippen LogP contribution in [0.4, 0.5) is 5.82 Å². The number of anilines is 1. The van der Waals surface area contributed by atoms with Gasteiger partial charge in [-0.2, -0.15) is 0 Å². The summed E-state index contributed by atoms with van der Waals surface area (Å²) in [7, 11) is 1.59. The average Bonchev–Trinajstić information content (AvgIpc) is 2.50. The fourth-order valence-corrected chi connectivity index (χ4v) is 1.68. The van der Waals surface area contributed by atoms with E-state index >= 15 is 0 Å². The first-order valence-electron chi connectivity index (χ1n) is 6.45. The molecule has 0 atom stereocenters. The van der Waals surface area contributed by atoms with E-state index in [1.807, 2.05) is 0 Å². The first-order valence-corrected chi connectivity index (χ1v) is 6.86. The van der Waals surface area contributed by atoms with Gasteiger partial charge in [-0.25, -0.2) is 4.98 Å². The van der Waals surface area contributed by atoms with Gasteiger partial charge >= 0.3 is 0 Å². The van der Waals surface area contributed by atoms with Crippen molar-refractivity contribution in [2.75, 3.05) is 25.6 Å². The Hall–Kier alpha value is -2.45. The van der Waals surface area contributed by atoms with E-state index in [2.05, 4.69) is 15.3 Å². The zero-order chi connectivity index (χ0) is 15.8. The summed E-state index contributed by atoms with van der Waals surface area (Å²) >= 11 is 4.82. The zero-order valence-corrected chi connectivity index (χ0v) is 12.8. The lowest BCUT2D eigenvalue weighted by Crippen LogP contribution is -2.20. The molecule has 0 saturated carbocycles. The Morgan fingerprint density at radius 2 is 2.18 bits per heavy atom. The van der Waals surface area contributed by atoms with Crippen molar-refractivity contribution in [2.24, 2.45) is 5.73 Å². The molecule has 0 amide bonds. The van der Waals surface area contributed by atoms with Crippen LogP contribution in [0.1, 0.15) is 0 Å². The van der Waals surface area contributed by atoms with E-state index in [9.17, 15) is 0 Å². The number of hydrogen-bond acceptors (Lipinski definition) is 6. The Morgan fingerprint density at radius 1 is 1.32 bits per heavy atom. The van der Waals surface area contributed by atoms with Crippen molar-refractivity contribution in [1.82, 2.24) is 9.97 Å². The maximum absolute atomic E-state index is 5.66. The minimum absolute atomic E-state index is 0.102. The van der Waals surface area contributed by atoms with Gasteiger partial charge in [-0.3, -0.25) is 4.98 Å². The van der Waals surface area contributed by atoms with E-state index in [1.165, 1.54) is 6.20 Å². The number of methoxy groups -OCH3 is 1. The maximum Gasteiger partial charge on any atom is 0.175 e. The van der Waals surface area contributed by atoms with E-state index < -0.39 is 0 Å². The molecule has 0 spiro atoms. The Balaban J connectivity index is 2.17. The fourth-order valence-electron chi connectivity index (χ4n) is 1.58. The number of nitrogens with two attached hydrogens (primary N) is 1. The van der Waals surface area contributed by atoms with Gasteiger partial charge in [0, 0.05) is 19.4 Å². The Kier molecular flexibility index (Phi) is 5.87. The summed E-state index contributed by atoms with van der Waals surface area (Å²) in [5, 5.41) is 2.86. The lowest BCUT2D eigenvalue weighted by Gasteiger charge is -2.13. The molecular formula is C14H16N4O3S. The van der Waals surface area contributed by atoms with Gasteiger partial charge in [0.1, 0.15) is 18.1 Å². The van der Waals surface area contributed by atoms with E-state index in [-0.39, 0.29) is 5.11 Å². The maximum atomic E-state index is 5.66. The second-order valence-corrected chi connectivity index (χ2v) is 4.58. The molecule has 0 aliphatic heterocycles. The quantitative estimate of drug-likeness (QED) is 0.591. The molecule has 2 aromatic rings. The SMILES string of the molecule is COCCOc1cc(Oc2cccnc2)cnc1NC(N)=S. The van der Waals surface area contributed by atoms with Gasteiger partial charge < -0.3 is 25.3 Å². The number of ether oxygens (including phenoxy) is 3. The number of nitrogens with zero attached hydrogens (tertiary/aromatic N) is 2. The van der Waals surface area contributed by atoms with E-state index in [4.69, 9.17) is 32.2 Å². The predicted octanol–water partition coefficient (Wildman–Crippen LogP) is 1.95. The molecule has 22 heavy (non-hydrogen) atoms. The minimum Gasteiger partial charge on any atom is -0.487 e. The molecule has 0 bridgehead atoms. The molecule has 0 radical (unpaired) electrons. The highest BCUT2D eigenvalue weighted by Crippen LogP contribution is 2.29. The van der Waals surface area contributed by atoms with Gasteiger partial charge in [0.05, 0.1) is 19.0 Å². The Morgan fingerprint density at radius 3 is 2.86 bits per heavy atom. The van der Waals surface area contributed by atoms with Crippen LogP contribution in [-0.2, 0) is 4.74 Å². The van der Waals surface area contributed by atoms with Crippen molar-refractivity contribution in [3.63, 3.8) is 0 Å². The predicted molar refractivity (Wildman–Crippen MR) is 86.3 cm³/mol. The van der Waals surface area contributed by atoms with Crippen LogP contribution in [0.5, 0.6) is 17.2 Å². The minimum atomic E-state index is 0.102. The van der Waals surface area contributed by atoms with Crippen molar-refractivity contribution >= 4 is 23.1 Å². The third-order valence-electron chi connectivity index (χ3n) is 2.48. The Bertz CT molecular complexity index is 625. The summed E-state index contributed by atoms with van der Waals surface area (Å²) in [6.07, 6.45) is 4.81. The normalized spacial score (nSPS) is 10.0. The van der Waals surface area contributed by atoms with Gasteiger partial charge in [0.15, 0.2) is 16.7 Å². The summed E-state index contributed by atoms with van der Waals surface area (Å²) < 4.78 is 16.2. The smallest absolute Gasteiger partial charge is 0.175 e. The van der Waals surface area contributed by atoms with E-state index in [0.29, 0.717) is 36.3 Å². The molecule has 0 saturated heterocycles. The highest BCUT2D eigenvalue weighted by atomic mass is 32.1. The third-order valence-corrected chi connectivity index (χ3v) is 2.59. The van der Waals surface area contributed by atoms with Crippen LogP contribution in [0.25, 0.3) is 0 Å². The summed E-state index contributed by atoms with van der Waals surface area (Å²) in [5.41, 5.74) is 5.47. The fraction of sp³-hybridized carbons (Fsp3) is 0.214. The van der Waals surface area contributed by atoms with Gasteiger partial charge in [-0.1, -0.05) is 0 Å². The lowest BCUT2D eigenvalue weighted by molar-refractivity contribution is 0.146. The molecule has 0 unspecified atom stereocenters. The van der Waals surface area contributed by atoms with Crippen molar-refractivity contribution in [1.29, 1.82) is 0 Å². The van der Waals surface area contributed by atoms with Gasteiger partial charge in [0.25, 0.3) is 0 Å². The molecule has 116 valence electrons. The summed E-state index contributed by atoms with van der Waals surface area (Å²) in [5.74, 6) is 1.99. The van der Waals surface area contributed by atoms with Crippen LogP contribution in [0.15, 0.2) is 36.8 Å². The van der Waals surface area contributed by atoms with Crippen LogP contribution in [-0.4, -0.2) is 35.4 Å². The molecule has 3 N–H and O–H groups in total. The molecule has 2 heterocycles. The molecule has 0 aliphatic carbocycles. The van der Waals surface area contributed by atoms with Crippen molar-refractivity contribution < 1.29 is 14.2 Å². The summed E-state index contributed by atoms with van der Waals surface area (Å²) in [6.45, 7) is 0.806. The van der Waals surface area contributed by atoms with Crippen LogP contribution in [0, 0.1) is 0 Å². The molecule has 0 fully saturated rings. The lowest BCUT2D eigenvalue weighted by atomic mass is 10.4. The van der Waals surface area contributed by atoms with Gasteiger partial charge in [-0.15, -0.1) is 0 Å². The number of nitrogens with one attached hydrogen (secondary N) is 1. The molecular weight excluding hydrogens is 304 g/mol. The molecule has 0 aromatic carbocycles. The number of thiocarbonyl (C=S) groups is 1. The van der Waals surface area contributed by atoms with Crippen LogP contribution in [0.2, 0.25) is 0 Å². The first kappa shape index (κ1) is 15.9. The first-order chi connectivity index (χ1) is 10.7. The number of aromatic nitrogens is 2. The van der Waals surface area contributed by atoms with Gasteiger partial charge in [0.2, 0.25) is 0 Å². The number of rotatable bonds is 7. The van der Waals surface area contributed by atoms with Crippen LogP contribution in [0.3, 0.4) is 0 Å². The topological polar surface area (TPSA) is 91.5 Å². The summed E-state index contributed by atoms with van der Waals surface area (Å²) in [6, 6.07) is 5.26. The number of hydrogen-bond donors (Lipinski definition) is 2. The molecule has 2 rings (SSSR count). The highest BCUT2D eigenvalue weighted by Gasteiger charge is 2.09. The Labute approximate surface area is 133 Å². The molecule has 2 aromatic heterocycles. The standard InChI is InChI=1S/C14H16N4O3S/c1-19-5-6-20-12-7-11(9-17-13(12)18-14(15)22)21-10-3-2-4-16-8-10/h2-4,7-9H,5-6H2,1H3,(H3,15,17,18,22). The van der Waals surface area contributed by atoms with E-state index in [1.54, 1.807) is 37.7 Å². The van der Waals surface area contributed by atoms with Gasteiger partial charge in [-0.05, 0) is 24.4 Å². The summed E-state index contributed by atoms with van der Waals surface area (Å²) in [4.78, 5) is 8.19. The highest BCUT2D eigenvalue weighted by molar-refractivity contribution is 7.80. The van der Waals surface area contributed by atoms with Crippen LogP contribution >= 0.6 is 12.2 Å². The number of pyridine rings is 2. The van der Waals surface area contributed by atoms with Crippen molar-refractivity contribution in [3.05, 3.63) is 36.8 Å². The van der Waals surface area contributed by atoms with Crippen LogP contribution < -0.4 is 20.5 Å². The second kappa shape index (κ2) is 8.11. The van der Waals surface area contributed by atoms with Crippen molar-refractivity contribution in [3.8, 4) is 17.2 Å². The van der Waals surface area contributed by atoms with Crippen molar-refractivity contribution in [2.45, 2.75) is 0 Å². The third kappa shape index (κ3) is 4.83.